The molecule has 2 aromatic carbocycles. The first-order chi connectivity index (χ1) is 12.2. The van der Waals surface area contributed by atoms with E-state index in [-0.39, 0.29) is 11.7 Å². The van der Waals surface area contributed by atoms with Crippen molar-refractivity contribution in [3.63, 3.8) is 0 Å². The molecule has 3 aromatic rings. The molecule has 4 rings (SSSR count). The van der Waals surface area contributed by atoms with Crippen LogP contribution in [-0.4, -0.2) is 28.9 Å². The van der Waals surface area contributed by atoms with E-state index in [1.165, 1.54) is 18.6 Å². The highest BCUT2D eigenvalue weighted by Gasteiger charge is 2.21. The maximum absolute atomic E-state index is 13.2. The molecular formula is C21H19FN2O. The van der Waals surface area contributed by atoms with Crippen LogP contribution in [-0.2, 0) is 0 Å². The fourth-order valence-corrected chi connectivity index (χ4v) is 3.39. The zero-order chi connectivity index (χ0) is 17.2. The summed E-state index contributed by atoms with van der Waals surface area (Å²) >= 11 is 0. The Bertz CT molecular complexity index is 915. The smallest absolute Gasteiger partial charge is 0.254 e. The van der Waals surface area contributed by atoms with Crippen LogP contribution in [0.25, 0.3) is 22.2 Å². The summed E-state index contributed by atoms with van der Waals surface area (Å²) in [6, 6.07) is 15.8. The van der Waals surface area contributed by atoms with E-state index in [0.29, 0.717) is 11.3 Å². The number of carbonyl (C=O) groups is 1. The van der Waals surface area contributed by atoms with Gasteiger partial charge >= 0.3 is 0 Å². The van der Waals surface area contributed by atoms with Crippen molar-refractivity contribution in [3.05, 3.63) is 66.0 Å². The summed E-state index contributed by atoms with van der Waals surface area (Å²) in [6.07, 6.45) is 3.29. The van der Waals surface area contributed by atoms with Gasteiger partial charge in [-0.15, -0.1) is 0 Å². The van der Waals surface area contributed by atoms with Crippen molar-refractivity contribution in [3.8, 4) is 11.3 Å². The standard InChI is InChI=1S/C21H19FN2O/c22-16-10-8-15(9-11-16)20-14-18(17-6-2-3-7-19(17)23-20)21(25)24-12-4-1-5-13-24/h2-3,6-11,14H,1,4-5,12-13H2. The zero-order valence-corrected chi connectivity index (χ0v) is 13.9. The van der Waals surface area contributed by atoms with Crippen LogP contribution in [0.5, 0.6) is 0 Å². The van der Waals surface area contributed by atoms with Gasteiger partial charge in [-0.05, 0) is 55.7 Å². The highest BCUT2D eigenvalue weighted by Crippen LogP contribution is 2.26. The molecule has 0 unspecified atom stereocenters. The molecule has 0 atom stereocenters. The molecule has 0 N–H and O–H groups in total. The monoisotopic (exact) mass is 334 g/mol. The maximum atomic E-state index is 13.2. The van der Waals surface area contributed by atoms with Crippen LogP contribution >= 0.6 is 0 Å². The number of benzene rings is 2. The fourth-order valence-electron chi connectivity index (χ4n) is 3.39. The third kappa shape index (κ3) is 3.12. The van der Waals surface area contributed by atoms with E-state index in [1.54, 1.807) is 12.1 Å². The predicted octanol–water partition coefficient (Wildman–Crippen LogP) is 4.67. The minimum Gasteiger partial charge on any atom is -0.339 e. The highest BCUT2D eigenvalue weighted by molar-refractivity contribution is 6.07. The minimum atomic E-state index is -0.283. The molecule has 0 saturated carbocycles. The molecule has 1 amide bonds. The number of fused-ring (bicyclic) bond motifs is 1. The number of aromatic nitrogens is 1. The second kappa shape index (κ2) is 6.63. The average molecular weight is 334 g/mol. The lowest BCUT2D eigenvalue weighted by Gasteiger charge is -2.27. The zero-order valence-electron chi connectivity index (χ0n) is 13.9. The lowest BCUT2D eigenvalue weighted by atomic mass is 10.0. The van der Waals surface area contributed by atoms with Gasteiger partial charge in [-0.1, -0.05) is 18.2 Å². The topological polar surface area (TPSA) is 33.2 Å². The molecule has 0 radical (unpaired) electrons. The van der Waals surface area contributed by atoms with Gasteiger partial charge < -0.3 is 4.90 Å². The second-order valence-corrected chi connectivity index (χ2v) is 6.43. The molecule has 1 fully saturated rings. The Hall–Kier alpha value is -2.75. The molecule has 0 aliphatic carbocycles. The van der Waals surface area contributed by atoms with E-state index in [2.05, 4.69) is 4.98 Å². The summed E-state index contributed by atoms with van der Waals surface area (Å²) in [5.41, 5.74) is 2.95. The Morgan fingerprint density at radius 3 is 2.44 bits per heavy atom. The molecule has 0 bridgehead atoms. The van der Waals surface area contributed by atoms with Crippen molar-refractivity contribution in [2.45, 2.75) is 19.3 Å². The molecule has 1 saturated heterocycles. The van der Waals surface area contributed by atoms with E-state index < -0.39 is 0 Å². The van der Waals surface area contributed by atoms with E-state index in [4.69, 9.17) is 0 Å². The molecule has 25 heavy (non-hydrogen) atoms. The predicted molar refractivity (Wildman–Crippen MR) is 96.9 cm³/mol. The first-order valence-corrected chi connectivity index (χ1v) is 8.67. The number of hydrogen-bond donors (Lipinski definition) is 0. The average Bonchev–Trinajstić information content (AvgIpc) is 2.68. The van der Waals surface area contributed by atoms with Crippen LogP contribution in [0.15, 0.2) is 54.6 Å². The third-order valence-electron chi connectivity index (χ3n) is 4.73. The molecule has 126 valence electrons. The van der Waals surface area contributed by atoms with E-state index >= 15 is 0 Å². The largest absolute Gasteiger partial charge is 0.339 e. The highest BCUT2D eigenvalue weighted by atomic mass is 19.1. The van der Waals surface area contributed by atoms with Gasteiger partial charge in [-0.2, -0.15) is 0 Å². The van der Waals surface area contributed by atoms with Crippen LogP contribution < -0.4 is 0 Å². The molecule has 1 aromatic heterocycles. The summed E-state index contributed by atoms with van der Waals surface area (Å²) < 4.78 is 13.2. The van der Waals surface area contributed by atoms with Crippen molar-refractivity contribution >= 4 is 16.8 Å². The lowest BCUT2D eigenvalue weighted by molar-refractivity contribution is 0.0726. The summed E-state index contributed by atoms with van der Waals surface area (Å²) in [6.45, 7) is 1.61. The van der Waals surface area contributed by atoms with Gasteiger partial charge in [0.15, 0.2) is 0 Å². The number of rotatable bonds is 2. The Morgan fingerprint density at radius 2 is 1.68 bits per heavy atom. The second-order valence-electron chi connectivity index (χ2n) is 6.43. The number of hydrogen-bond acceptors (Lipinski definition) is 2. The van der Waals surface area contributed by atoms with Crippen LogP contribution in [0.3, 0.4) is 0 Å². The van der Waals surface area contributed by atoms with Gasteiger partial charge in [0.1, 0.15) is 5.82 Å². The van der Waals surface area contributed by atoms with Gasteiger partial charge in [0.2, 0.25) is 0 Å². The molecule has 2 heterocycles. The van der Waals surface area contributed by atoms with Crippen molar-refractivity contribution in [1.29, 1.82) is 0 Å². The van der Waals surface area contributed by atoms with Crippen molar-refractivity contribution < 1.29 is 9.18 Å². The van der Waals surface area contributed by atoms with Crippen LogP contribution in [0, 0.1) is 5.82 Å². The maximum Gasteiger partial charge on any atom is 0.254 e. The SMILES string of the molecule is O=C(c1cc(-c2ccc(F)cc2)nc2ccccc12)N1CCCCC1. The lowest BCUT2D eigenvalue weighted by Crippen LogP contribution is -2.35. The van der Waals surface area contributed by atoms with Gasteiger partial charge in [-0.3, -0.25) is 4.79 Å². The number of halogens is 1. The number of pyridine rings is 1. The van der Waals surface area contributed by atoms with E-state index in [1.807, 2.05) is 35.2 Å². The fraction of sp³-hybridized carbons (Fsp3) is 0.238. The number of nitrogens with zero attached hydrogens (tertiary/aromatic N) is 2. The molecule has 4 heteroatoms. The Balaban J connectivity index is 1.83. The van der Waals surface area contributed by atoms with Crippen LogP contribution in [0.2, 0.25) is 0 Å². The number of carbonyl (C=O) groups excluding carboxylic acids is 1. The number of likely N-dealkylation sites (tertiary alicyclic amines) is 1. The van der Waals surface area contributed by atoms with E-state index in [9.17, 15) is 9.18 Å². The van der Waals surface area contributed by atoms with E-state index in [0.717, 1.165) is 42.4 Å². The molecule has 1 aliphatic rings. The Morgan fingerprint density at radius 1 is 0.960 bits per heavy atom. The van der Waals surface area contributed by atoms with Gasteiger partial charge in [0.05, 0.1) is 16.8 Å². The number of amides is 1. The third-order valence-corrected chi connectivity index (χ3v) is 4.73. The normalized spacial score (nSPS) is 14.7. The quantitative estimate of drug-likeness (QED) is 0.682. The van der Waals surface area contributed by atoms with Crippen molar-refractivity contribution in [1.82, 2.24) is 9.88 Å². The first-order valence-electron chi connectivity index (χ1n) is 8.67. The molecular weight excluding hydrogens is 315 g/mol. The van der Waals surface area contributed by atoms with Crippen LogP contribution in [0.1, 0.15) is 29.6 Å². The van der Waals surface area contributed by atoms with Crippen LogP contribution in [0.4, 0.5) is 4.39 Å². The molecule has 1 aliphatic heterocycles. The molecule has 3 nitrogen and oxygen atoms in total. The van der Waals surface area contributed by atoms with Crippen molar-refractivity contribution in [2.24, 2.45) is 0 Å². The van der Waals surface area contributed by atoms with Gasteiger partial charge in [-0.25, -0.2) is 9.37 Å². The van der Waals surface area contributed by atoms with Gasteiger partial charge in [0.25, 0.3) is 5.91 Å². The summed E-state index contributed by atoms with van der Waals surface area (Å²) in [5.74, 6) is -0.226. The minimum absolute atomic E-state index is 0.0571. The Kier molecular flexibility index (Phi) is 4.18. The van der Waals surface area contributed by atoms with Crippen molar-refractivity contribution in [2.75, 3.05) is 13.1 Å². The molecule has 0 spiro atoms. The summed E-state index contributed by atoms with van der Waals surface area (Å²) in [7, 11) is 0. The van der Waals surface area contributed by atoms with Gasteiger partial charge in [0, 0.05) is 24.0 Å². The first kappa shape index (κ1) is 15.8. The Labute approximate surface area is 146 Å². The summed E-state index contributed by atoms with van der Waals surface area (Å²) in [4.78, 5) is 19.7. The summed E-state index contributed by atoms with van der Waals surface area (Å²) in [5, 5.41) is 0.865. The number of para-hydroxylation sites is 1. The number of piperidine rings is 1.